The van der Waals surface area contributed by atoms with Gasteiger partial charge in [-0.05, 0) is 75.0 Å². The zero-order chi connectivity index (χ0) is 20.7. The topological polar surface area (TPSA) is 43.4 Å². The Labute approximate surface area is 165 Å². The minimum absolute atomic E-state index is 0.0286. The summed E-state index contributed by atoms with van der Waals surface area (Å²) in [5.41, 5.74) is 3.19. The smallest absolute Gasteiger partial charge is 0.146 e. The van der Waals surface area contributed by atoms with Crippen molar-refractivity contribution in [3.8, 4) is 0 Å². The van der Waals surface area contributed by atoms with Crippen LogP contribution < -0.4 is 0 Å². The molecule has 1 atom stereocenters. The van der Waals surface area contributed by atoms with Crippen LogP contribution in [0.25, 0.3) is 0 Å². The first-order valence-corrected chi connectivity index (χ1v) is 10.2. The summed E-state index contributed by atoms with van der Waals surface area (Å²) < 4.78 is 5.58. The molecule has 1 unspecified atom stereocenters. The van der Waals surface area contributed by atoms with Gasteiger partial charge in [-0.2, -0.15) is 0 Å². The van der Waals surface area contributed by atoms with Gasteiger partial charge in [-0.25, -0.2) is 0 Å². The van der Waals surface area contributed by atoms with Crippen LogP contribution in [0.4, 0.5) is 0 Å². The Morgan fingerprint density at radius 3 is 2.04 bits per heavy atom. The highest BCUT2D eigenvalue weighted by atomic mass is 16.5. The molecule has 0 amide bonds. The average molecular weight is 375 g/mol. The quantitative estimate of drug-likeness (QED) is 0.437. The largest absolute Gasteiger partial charge is 0.496 e. The van der Waals surface area contributed by atoms with E-state index < -0.39 is 5.92 Å². The summed E-state index contributed by atoms with van der Waals surface area (Å²) in [6.07, 6.45) is 7.22. The Hall–Kier alpha value is -1.64. The molecule has 0 heterocycles. The number of hydrogen-bond donors (Lipinski definition) is 0. The molecule has 0 radical (unpaired) electrons. The van der Waals surface area contributed by atoms with Crippen molar-refractivity contribution in [1.82, 2.24) is 0 Å². The van der Waals surface area contributed by atoms with Crippen LogP contribution in [-0.2, 0) is 14.3 Å². The lowest BCUT2D eigenvalue weighted by atomic mass is 9.78. The van der Waals surface area contributed by atoms with E-state index in [9.17, 15) is 9.59 Å². The Bertz CT molecular complexity index is 622. The molecule has 3 nitrogen and oxygen atoms in total. The molecule has 0 N–H and O–H groups in total. The minimum Gasteiger partial charge on any atom is -0.496 e. The number of hydrogen-bond acceptors (Lipinski definition) is 3. The number of allylic oxidation sites excluding steroid dienone is 5. The van der Waals surface area contributed by atoms with Gasteiger partial charge in [-0.1, -0.05) is 39.8 Å². The normalized spacial score (nSPS) is 16.4. The third-order valence-corrected chi connectivity index (χ3v) is 5.35. The fourth-order valence-electron chi connectivity index (χ4n) is 4.03. The SMILES string of the molecule is COC1=C(C)C(CC(C(C)=O)C(=O)C(CC(C)C)CC(C)C)=CCC=C1C. The second kappa shape index (κ2) is 10.6. The zero-order valence-corrected chi connectivity index (χ0v) is 18.5. The predicted octanol–water partition coefficient (Wildman–Crippen LogP) is 6.06. The summed E-state index contributed by atoms with van der Waals surface area (Å²) in [6.45, 7) is 14.2. The summed E-state index contributed by atoms with van der Waals surface area (Å²) in [7, 11) is 1.67. The fraction of sp³-hybridized carbons (Fsp3) is 0.667. The number of ether oxygens (including phenoxy) is 1. The van der Waals surface area contributed by atoms with Gasteiger partial charge in [0.1, 0.15) is 17.3 Å². The number of carbonyl (C=O) groups excluding carboxylic acids is 2. The van der Waals surface area contributed by atoms with Crippen LogP contribution in [0.5, 0.6) is 0 Å². The molecule has 152 valence electrons. The number of methoxy groups -OCH3 is 1. The van der Waals surface area contributed by atoms with Crippen LogP contribution in [0, 0.1) is 23.7 Å². The molecule has 0 bridgehead atoms. The first-order valence-electron chi connectivity index (χ1n) is 10.2. The number of rotatable bonds is 10. The van der Waals surface area contributed by atoms with Crippen LogP contribution >= 0.6 is 0 Å². The van der Waals surface area contributed by atoms with Gasteiger partial charge < -0.3 is 4.74 Å². The number of carbonyl (C=O) groups is 2. The van der Waals surface area contributed by atoms with Crippen molar-refractivity contribution in [2.24, 2.45) is 23.7 Å². The highest BCUT2D eigenvalue weighted by molar-refractivity contribution is 6.02. The van der Waals surface area contributed by atoms with Crippen molar-refractivity contribution in [3.63, 3.8) is 0 Å². The van der Waals surface area contributed by atoms with E-state index in [1.807, 2.05) is 13.8 Å². The molecule has 27 heavy (non-hydrogen) atoms. The van der Waals surface area contributed by atoms with Crippen molar-refractivity contribution >= 4 is 11.6 Å². The highest BCUT2D eigenvalue weighted by Gasteiger charge is 2.32. The molecule has 0 saturated heterocycles. The molecule has 0 fully saturated rings. The van der Waals surface area contributed by atoms with E-state index in [1.165, 1.54) is 0 Å². The van der Waals surface area contributed by atoms with E-state index in [0.717, 1.165) is 41.7 Å². The standard InChI is InChI=1S/C24H38O3/c1-15(2)12-21(13-16(3)4)23(26)22(19(7)25)14-20-11-9-10-17(5)24(27-8)18(20)6/h10-11,15-16,21-22H,9,12-14H2,1-8H3. The molecule has 0 spiro atoms. The minimum atomic E-state index is -0.565. The lowest BCUT2D eigenvalue weighted by Crippen LogP contribution is -2.31. The van der Waals surface area contributed by atoms with Gasteiger partial charge in [-0.15, -0.1) is 0 Å². The van der Waals surface area contributed by atoms with E-state index in [1.54, 1.807) is 14.0 Å². The Kier molecular flexibility index (Phi) is 9.21. The van der Waals surface area contributed by atoms with E-state index >= 15 is 0 Å². The van der Waals surface area contributed by atoms with Crippen LogP contribution in [0.2, 0.25) is 0 Å². The van der Waals surface area contributed by atoms with Gasteiger partial charge in [0.2, 0.25) is 0 Å². The van der Waals surface area contributed by atoms with Gasteiger partial charge in [0.25, 0.3) is 0 Å². The zero-order valence-electron chi connectivity index (χ0n) is 18.5. The lowest BCUT2D eigenvalue weighted by molar-refractivity contribution is -0.134. The third kappa shape index (κ3) is 6.79. The van der Waals surface area contributed by atoms with Crippen molar-refractivity contribution < 1.29 is 14.3 Å². The molecule has 0 aromatic heterocycles. The fourth-order valence-corrected chi connectivity index (χ4v) is 4.03. The summed E-state index contributed by atoms with van der Waals surface area (Å²) in [4.78, 5) is 25.8. The first kappa shape index (κ1) is 23.4. The molecule has 1 rings (SSSR count). The second-order valence-electron chi connectivity index (χ2n) is 8.74. The number of ketones is 2. The second-order valence-corrected chi connectivity index (χ2v) is 8.74. The summed E-state index contributed by atoms with van der Waals surface area (Å²) in [5, 5.41) is 0. The Morgan fingerprint density at radius 2 is 1.59 bits per heavy atom. The van der Waals surface area contributed by atoms with E-state index in [-0.39, 0.29) is 17.5 Å². The summed E-state index contributed by atoms with van der Waals surface area (Å²) in [5.74, 6) is 1.22. The Balaban J connectivity index is 3.14. The van der Waals surface area contributed by atoms with Crippen LogP contribution in [-0.4, -0.2) is 18.7 Å². The third-order valence-electron chi connectivity index (χ3n) is 5.35. The Morgan fingerprint density at radius 1 is 1.04 bits per heavy atom. The van der Waals surface area contributed by atoms with Crippen molar-refractivity contribution in [1.29, 1.82) is 0 Å². The average Bonchev–Trinajstić information content (AvgIpc) is 2.68. The van der Waals surface area contributed by atoms with E-state index in [0.29, 0.717) is 18.3 Å². The van der Waals surface area contributed by atoms with Crippen molar-refractivity contribution in [2.45, 2.75) is 74.1 Å². The van der Waals surface area contributed by atoms with E-state index in [2.05, 4.69) is 39.8 Å². The monoisotopic (exact) mass is 374 g/mol. The van der Waals surface area contributed by atoms with E-state index in [4.69, 9.17) is 4.74 Å². The van der Waals surface area contributed by atoms with Crippen molar-refractivity contribution in [3.05, 3.63) is 34.6 Å². The molecule has 0 aromatic carbocycles. The molecular formula is C24H38O3. The first-order chi connectivity index (χ1) is 12.6. The molecule has 0 saturated carbocycles. The predicted molar refractivity (Wildman–Crippen MR) is 112 cm³/mol. The molecule has 1 aliphatic carbocycles. The molecule has 0 aliphatic heterocycles. The maximum absolute atomic E-state index is 13.3. The summed E-state index contributed by atoms with van der Waals surface area (Å²) in [6, 6.07) is 0. The summed E-state index contributed by atoms with van der Waals surface area (Å²) >= 11 is 0. The molecular weight excluding hydrogens is 336 g/mol. The van der Waals surface area contributed by atoms with Gasteiger partial charge in [0, 0.05) is 5.92 Å². The maximum Gasteiger partial charge on any atom is 0.146 e. The van der Waals surface area contributed by atoms with Crippen molar-refractivity contribution in [2.75, 3.05) is 7.11 Å². The van der Waals surface area contributed by atoms with Gasteiger partial charge >= 0.3 is 0 Å². The van der Waals surface area contributed by atoms with Gasteiger partial charge in [0.05, 0.1) is 13.0 Å². The lowest BCUT2D eigenvalue weighted by Gasteiger charge is -2.25. The molecule has 3 heteroatoms. The van der Waals surface area contributed by atoms with Gasteiger partial charge in [0.15, 0.2) is 0 Å². The number of Topliss-reactive ketones (excluding diaryl/α,β-unsaturated/α-hetero) is 2. The molecule has 0 aromatic rings. The molecule has 1 aliphatic rings. The highest BCUT2D eigenvalue weighted by Crippen LogP contribution is 2.32. The van der Waals surface area contributed by atoms with Crippen LogP contribution in [0.15, 0.2) is 34.6 Å². The van der Waals surface area contributed by atoms with Crippen LogP contribution in [0.3, 0.4) is 0 Å². The maximum atomic E-state index is 13.3. The van der Waals surface area contributed by atoms with Crippen LogP contribution in [0.1, 0.15) is 74.1 Å². The van der Waals surface area contributed by atoms with Gasteiger partial charge in [-0.3, -0.25) is 9.59 Å².